The standard InChI is InChI=1S/C13H11NS7/c1-16-10-11(17-2)21-13(20-10)12-18-8(9(15)19-12)7-5-3-4-6-14-7/h3-6,14H,1-2H3/b8-7-. The molecule has 0 fully saturated rings. The Bertz CT molecular complexity index is 803. The molecule has 8 heteroatoms. The normalized spacial score (nSPS) is 20.4. The molecule has 21 heavy (non-hydrogen) atoms. The van der Waals surface area contributed by atoms with E-state index in [0.29, 0.717) is 0 Å². The first kappa shape index (κ1) is 16.3. The molecule has 0 atom stereocenters. The van der Waals surface area contributed by atoms with Crippen LogP contribution in [0.4, 0.5) is 0 Å². The first-order chi connectivity index (χ1) is 10.2. The van der Waals surface area contributed by atoms with Gasteiger partial charge in [0.05, 0.1) is 22.9 Å². The fourth-order valence-corrected chi connectivity index (χ4v) is 9.93. The predicted molar refractivity (Wildman–Crippen MR) is 110 cm³/mol. The van der Waals surface area contributed by atoms with Gasteiger partial charge in [0.1, 0.15) is 7.67 Å². The molecule has 0 radical (unpaired) electrons. The molecular formula is C13H11NS7. The summed E-state index contributed by atoms with van der Waals surface area (Å²) in [6.45, 7) is 0. The summed E-state index contributed by atoms with van der Waals surface area (Å²) in [5.74, 6) is 0. The number of hydrogen-bond acceptors (Lipinski definition) is 8. The van der Waals surface area contributed by atoms with Crippen molar-refractivity contribution in [2.24, 2.45) is 0 Å². The lowest BCUT2D eigenvalue weighted by Crippen LogP contribution is -2.13. The average molecular weight is 406 g/mol. The first-order valence-corrected chi connectivity index (χ1v) is 12.0. The highest BCUT2D eigenvalue weighted by atomic mass is 32.3. The van der Waals surface area contributed by atoms with Gasteiger partial charge in [-0.2, -0.15) is 0 Å². The summed E-state index contributed by atoms with van der Waals surface area (Å²) in [6.07, 6.45) is 12.3. The van der Waals surface area contributed by atoms with Crippen molar-refractivity contribution < 1.29 is 0 Å². The fourth-order valence-electron chi connectivity index (χ4n) is 1.67. The van der Waals surface area contributed by atoms with E-state index in [1.165, 1.54) is 21.1 Å². The molecule has 110 valence electrons. The lowest BCUT2D eigenvalue weighted by Gasteiger charge is -2.02. The number of dihydropyridines is 1. The van der Waals surface area contributed by atoms with Crippen LogP contribution in [0.15, 0.2) is 32.9 Å². The van der Waals surface area contributed by atoms with Crippen molar-refractivity contribution in [3.8, 4) is 0 Å². The fraction of sp³-hybridized carbons (Fsp3) is 0.154. The van der Waals surface area contributed by atoms with Crippen LogP contribution in [0.1, 0.15) is 0 Å². The third-order valence-corrected chi connectivity index (χ3v) is 11.3. The van der Waals surface area contributed by atoms with Crippen molar-refractivity contribution in [1.29, 1.82) is 0 Å². The zero-order chi connectivity index (χ0) is 14.8. The van der Waals surface area contributed by atoms with Crippen LogP contribution in [0.5, 0.6) is 0 Å². The van der Waals surface area contributed by atoms with Crippen LogP contribution in [0.3, 0.4) is 0 Å². The Hall–Kier alpha value is 0.430. The molecule has 2 aliphatic heterocycles. The molecule has 0 unspecified atom stereocenters. The molecule has 2 aliphatic rings. The van der Waals surface area contributed by atoms with Gasteiger partial charge in [-0.05, 0) is 24.7 Å². The van der Waals surface area contributed by atoms with Crippen LogP contribution >= 0.6 is 81.9 Å². The van der Waals surface area contributed by atoms with Crippen LogP contribution in [0, 0.1) is 3.82 Å². The third-order valence-electron chi connectivity index (χ3n) is 2.59. The van der Waals surface area contributed by atoms with Crippen LogP contribution in [-0.4, -0.2) is 12.5 Å². The van der Waals surface area contributed by atoms with Gasteiger partial charge in [0, 0.05) is 6.20 Å². The number of rotatable bonds is 2. The lowest BCUT2D eigenvalue weighted by atomic mass is 10.3. The summed E-state index contributed by atoms with van der Waals surface area (Å²) in [7, 11) is 0. The molecule has 1 nitrogen and oxygen atoms in total. The molecule has 1 aromatic rings. The van der Waals surface area contributed by atoms with Gasteiger partial charge in [0.15, 0.2) is 0 Å². The maximum atomic E-state index is 5.56. The molecule has 0 amide bonds. The summed E-state index contributed by atoms with van der Waals surface area (Å²) in [6, 6.07) is 0. The Morgan fingerprint density at radius 2 is 1.76 bits per heavy atom. The van der Waals surface area contributed by atoms with Crippen molar-refractivity contribution in [3.63, 3.8) is 0 Å². The smallest absolute Gasteiger partial charge is 0.111 e. The van der Waals surface area contributed by atoms with Gasteiger partial charge >= 0.3 is 0 Å². The van der Waals surface area contributed by atoms with E-state index in [9.17, 15) is 0 Å². The van der Waals surface area contributed by atoms with Crippen molar-refractivity contribution >= 4 is 91.9 Å². The summed E-state index contributed by atoms with van der Waals surface area (Å²) in [4.78, 5) is 0. The minimum absolute atomic E-state index is 0.967. The van der Waals surface area contributed by atoms with E-state index in [2.05, 4.69) is 23.9 Å². The molecule has 0 aromatic carbocycles. The second-order valence-corrected chi connectivity index (χ2v) is 11.3. The van der Waals surface area contributed by atoms with Gasteiger partial charge in [0.2, 0.25) is 0 Å². The van der Waals surface area contributed by atoms with E-state index in [4.69, 9.17) is 12.2 Å². The third kappa shape index (κ3) is 3.52. The Labute approximate surface area is 153 Å². The second-order valence-electron chi connectivity index (χ2n) is 3.86. The number of thioether (sulfide) groups is 4. The summed E-state index contributed by atoms with van der Waals surface area (Å²) in [5.41, 5.74) is 1.10. The monoisotopic (exact) mass is 405 g/mol. The Balaban J connectivity index is 2.08. The SMILES string of the molecule is CSC1=C(SC)SC(=c2sc(=S)/c(=C3\C=CC=CN3)s2)S1. The summed E-state index contributed by atoms with van der Waals surface area (Å²) < 4.78 is 7.63. The number of hydrogen-bond donors (Lipinski definition) is 1. The molecule has 3 heterocycles. The van der Waals surface area contributed by atoms with Crippen molar-refractivity contribution in [2.45, 2.75) is 0 Å². The Morgan fingerprint density at radius 1 is 1.05 bits per heavy atom. The van der Waals surface area contributed by atoms with Crippen molar-refractivity contribution in [2.75, 3.05) is 12.5 Å². The largest absolute Gasteiger partial charge is 0.360 e. The van der Waals surface area contributed by atoms with Gasteiger partial charge < -0.3 is 5.32 Å². The maximum Gasteiger partial charge on any atom is 0.111 e. The van der Waals surface area contributed by atoms with Crippen LogP contribution in [0.25, 0.3) is 9.93 Å². The van der Waals surface area contributed by atoms with Crippen LogP contribution in [-0.2, 0) is 0 Å². The van der Waals surface area contributed by atoms with E-state index < -0.39 is 0 Å². The van der Waals surface area contributed by atoms with E-state index in [0.717, 1.165) is 9.52 Å². The highest BCUT2D eigenvalue weighted by Gasteiger charge is 2.21. The lowest BCUT2D eigenvalue weighted by molar-refractivity contribution is 1.21. The molecule has 3 rings (SSSR count). The Kier molecular flexibility index (Phi) is 5.69. The molecular weight excluding hydrogens is 395 g/mol. The van der Waals surface area contributed by atoms with E-state index >= 15 is 0 Å². The summed E-state index contributed by atoms with van der Waals surface area (Å²) in [5, 5.41) is 3.28. The van der Waals surface area contributed by atoms with Gasteiger partial charge in [-0.3, -0.25) is 0 Å². The van der Waals surface area contributed by atoms with E-state index in [1.807, 2.05) is 65.4 Å². The zero-order valence-electron chi connectivity index (χ0n) is 11.2. The minimum Gasteiger partial charge on any atom is -0.360 e. The highest BCUT2D eigenvalue weighted by Crippen LogP contribution is 2.56. The van der Waals surface area contributed by atoms with Gasteiger partial charge in [-0.1, -0.05) is 41.8 Å². The quantitative estimate of drug-likeness (QED) is 0.709. The topological polar surface area (TPSA) is 12.0 Å². The first-order valence-electron chi connectivity index (χ1n) is 5.89. The second kappa shape index (κ2) is 7.33. The average Bonchev–Trinajstić information content (AvgIpc) is 3.11. The maximum absolute atomic E-state index is 5.56. The summed E-state index contributed by atoms with van der Waals surface area (Å²) >= 11 is 16.5. The molecule has 0 bridgehead atoms. The van der Waals surface area contributed by atoms with Crippen LogP contribution in [0.2, 0.25) is 0 Å². The number of allylic oxidation sites excluding steroid dienone is 2. The Morgan fingerprint density at radius 3 is 2.33 bits per heavy atom. The highest BCUT2D eigenvalue weighted by molar-refractivity contribution is 8.45. The van der Waals surface area contributed by atoms with Crippen molar-refractivity contribution in [1.82, 2.24) is 5.32 Å². The van der Waals surface area contributed by atoms with Crippen molar-refractivity contribution in [3.05, 3.63) is 45.1 Å². The molecule has 0 aliphatic carbocycles. The molecule has 0 saturated heterocycles. The predicted octanol–water partition coefficient (Wildman–Crippen LogP) is 4.72. The number of nitrogens with one attached hydrogen (secondary N) is 1. The molecule has 1 aromatic heterocycles. The molecule has 0 saturated carbocycles. The zero-order valence-corrected chi connectivity index (χ0v) is 16.9. The van der Waals surface area contributed by atoms with E-state index in [-0.39, 0.29) is 0 Å². The van der Waals surface area contributed by atoms with Gasteiger partial charge in [-0.15, -0.1) is 46.2 Å². The minimum atomic E-state index is 0.967. The molecule has 0 spiro atoms. The van der Waals surface area contributed by atoms with Gasteiger partial charge in [0.25, 0.3) is 0 Å². The van der Waals surface area contributed by atoms with E-state index in [1.54, 1.807) is 22.7 Å². The molecule has 1 N–H and O–H groups in total. The van der Waals surface area contributed by atoms with Crippen LogP contribution < -0.4 is 13.7 Å². The van der Waals surface area contributed by atoms with Gasteiger partial charge in [-0.25, -0.2) is 0 Å².